The lowest BCUT2D eigenvalue weighted by atomic mass is 10.2. The number of benzene rings is 1. The minimum atomic E-state index is 0.583. The minimum Gasteiger partial charge on any atom is -0.493 e. The molecule has 92 valence electrons. The Hall–Kier alpha value is -1.77. The Bertz CT molecular complexity index is 383. The number of aldehydes is 1. The van der Waals surface area contributed by atoms with E-state index in [0.29, 0.717) is 23.7 Å². The zero-order valence-electron chi connectivity index (χ0n) is 10.3. The van der Waals surface area contributed by atoms with Gasteiger partial charge in [-0.2, -0.15) is 0 Å². The van der Waals surface area contributed by atoms with Gasteiger partial charge < -0.3 is 9.47 Å². The van der Waals surface area contributed by atoms with Crippen molar-refractivity contribution in [3.63, 3.8) is 0 Å². The predicted octanol–water partition coefficient (Wildman–Crippen LogP) is 3.24. The Morgan fingerprint density at radius 1 is 1.24 bits per heavy atom. The van der Waals surface area contributed by atoms with Gasteiger partial charge in [-0.1, -0.05) is 19.1 Å². The van der Waals surface area contributed by atoms with Crippen LogP contribution in [-0.2, 0) is 0 Å². The average molecular weight is 234 g/mol. The van der Waals surface area contributed by atoms with Crippen molar-refractivity contribution in [3.8, 4) is 11.5 Å². The minimum absolute atomic E-state index is 0.583. The van der Waals surface area contributed by atoms with Gasteiger partial charge in [-0.25, -0.2) is 0 Å². The molecule has 0 saturated carbocycles. The van der Waals surface area contributed by atoms with Crippen molar-refractivity contribution < 1.29 is 14.3 Å². The molecule has 0 radical (unpaired) electrons. The summed E-state index contributed by atoms with van der Waals surface area (Å²) in [6.45, 7) is 2.70. The summed E-state index contributed by atoms with van der Waals surface area (Å²) in [5.74, 6) is 1.26. The highest BCUT2D eigenvalue weighted by atomic mass is 16.5. The molecular formula is C14H18O3. The molecule has 0 aromatic heterocycles. The maximum absolute atomic E-state index is 10.6. The molecule has 0 N–H and O–H groups in total. The molecular weight excluding hydrogens is 216 g/mol. The standard InChI is InChI=1S/C14H18O3/c1-3-4-5-6-9-17-13-8-7-12(11-15)10-14(13)16-2/h4-5,7-8,10-11H,3,6,9H2,1-2H3/b5-4+. The smallest absolute Gasteiger partial charge is 0.161 e. The summed E-state index contributed by atoms with van der Waals surface area (Å²) in [6.07, 6.45) is 6.89. The van der Waals surface area contributed by atoms with Crippen LogP contribution in [-0.4, -0.2) is 20.0 Å². The third-order valence-corrected chi connectivity index (χ3v) is 2.27. The summed E-state index contributed by atoms with van der Waals surface area (Å²) in [5, 5.41) is 0. The van der Waals surface area contributed by atoms with E-state index in [0.717, 1.165) is 19.1 Å². The van der Waals surface area contributed by atoms with Crippen LogP contribution in [0.1, 0.15) is 30.1 Å². The second-order valence-corrected chi connectivity index (χ2v) is 3.54. The Balaban J connectivity index is 2.58. The summed E-state index contributed by atoms with van der Waals surface area (Å²) in [4.78, 5) is 10.6. The number of allylic oxidation sites excluding steroid dienone is 1. The van der Waals surface area contributed by atoms with Crippen molar-refractivity contribution in [2.45, 2.75) is 19.8 Å². The highest BCUT2D eigenvalue weighted by Gasteiger charge is 2.04. The van der Waals surface area contributed by atoms with Gasteiger partial charge in [0.1, 0.15) is 6.29 Å². The van der Waals surface area contributed by atoms with E-state index >= 15 is 0 Å². The largest absolute Gasteiger partial charge is 0.493 e. The third-order valence-electron chi connectivity index (χ3n) is 2.27. The van der Waals surface area contributed by atoms with Crippen LogP contribution in [0.3, 0.4) is 0 Å². The normalized spacial score (nSPS) is 10.5. The van der Waals surface area contributed by atoms with E-state index in [1.165, 1.54) is 0 Å². The zero-order chi connectivity index (χ0) is 12.5. The van der Waals surface area contributed by atoms with Crippen LogP contribution >= 0.6 is 0 Å². The lowest BCUT2D eigenvalue weighted by molar-refractivity contribution is 0.112. The van der Waals surface area contributed by atoms with Crippen LogP contribution in [0, 0.1) is 0 Å². The van der Waals surface area contributed by atoms with Gasteiger partial charge in [-0.05, 0) is 31.0 Å². The van der Waals surface area contributed by atoms with Gasteiger partial charge in [-0.3, -0.25) is 4.79 Å². The molecule has 1 rings (SSSR count). The lowest BCUT2D eigenvalue weighted by Gasteiger charge is -2.10. The summed E-state index contributed by atoms with van der Waals surface area (Å²) >= 11 is 0. The van der Waals surface area contributed by atoms with Crippen LogP contribution in [0.4, 0.5) is 0 Å². The molecule has 0 aliphatic heterocycles. The summed E-state index contributed by atoms with van der Waals surface area (Å²) in [6, 6.07) is 5.14. The summed E-state index contributed by atoms with van der Waals surface area (Å²) in [5.41, 5.74) is 0.583. The highest BCUT2D eigenvalue weighted by Crippen LogP contribution is 2.27. The first-order valence-electron chi connectivity index (χ1n) is 5.72. The Labute approximate surface area is 102 Å². The van der Waals surface area contributed by atoms with Crippen molar-refractivity contribution in [3.05, 3.63) is 35.9 Å². The molecule has 1 aromatic rings. The number of hydrogen-bond acceptors (Lipinski definition) is 3. The van der Waals surface area contributed by atoms with Crippen LogP contribution in [0.2, 0.25) is 0 Å². The fourth-order valence-electron chi connectivity index (χ4n) is 1.40. The highest BCUT2D eigenvalue weighted by molar-refractivity contribution is 5.76. The van der Waals surface area contributed by atoms with Gasteiger partial charge in [0, 0.05) is 5.56 Å². The third kappa shape index (κ3) is 4.31. The van der Waals surface area contributed by atoms with Gasteiger partial charge in [-0.15, -0.1) is 0 Å². The van der Waals surface area contributed by atoms with Gasteiger partial charge in [0.05, 0.1) is 13.7 Å². The van der Waals surface area contributed by atoms with Gasteiger partial charge in [0.25, 0.3) is 0 Å². The number of methoxy groups -OCH3 is 1. The molecule has 1 aromatic carbocycles. The van der Waals surface area contributed by atoms with Crippen molar-refractivity contribution >= 4 is 6.29 Å². The van der Waals surface area contributed by atoms with Crippen molar-refractivity contribution in [2.24, 2.45) is 0 Å². The zero-order valence-corrected chi connectivity index (χ0v) is 10.3. The van der Waals surface area contributed by atoms with Crippen LogP contribution < -0.4 is 9.47 Å². The molecule has 0 fully saturated rings. The summed E-state index contributed by atoms with van der Waals surface area (Å²) in [7, 11) is 1.56. The molecule has 0 aliphatic carbocycles. The van der Waals surface area contributed by atoms with E-state index in [2.05, 4.69) is 19.1 Å². The van der Waals surface area contributed by atoms with E-state index in [1.807, 2.05) is 0 Å². The molecule has 0 spiro atoms. The van der Waals surface area contributed by atoms with Crippen molar-refractivity contribution in [2.75, 3.05) is 13.7 Å². The number of carbonyl (C=O) groups excluding carboxylic acids is 1. The van der Waals surface area contributed by atoms with E-state index in [-0.39, 0.29) is 0 Å². The van der Waals surface area contributed by atoms with Crippen LogP contribution in [0.5, 0.6) is 11.5 Å². The molecule has 0 aliphatic rings. The maximum atomic E-state index is 10.6. The molecule has 3 nitrogen and oxygen atoms in total. The number of carbonyl (C=O) groups is 1. The molecule has 0 heterocycles. The Morgan fingerprint density at radius 2 is 2.06 bits per heavy atom. The Morgan fingerprint density at radius 3 is 2.71 bits per heavy atom. The van der Waals surface area contributed by atoms with Crippen molar-refractivity contribution in [1.82, 2.24) is 0 Å². The van der Waals surface area contributed by atoms with Crippen LogP contribution in [0.25, 0.3) is 0 Å². The van der Waals surface area contributed by atoms with Gasteiger partial charge in [0.2, 0.25) is 0 Å². The monoisotopic (exact) mass is 234 g/mol. The number of hydrogen-bond donors (Lipinski definition) is 0. The first-order valence-corrected chi connectivity index (χ1v) is 5.72. The van der Waals surface area contributed by atoms with Crippen LogP contribution in [0.15, 0.2) is 30.4 Å². The number of ether oxygens (including phenoxy) is 2. The van der Waals surface area contributed by atoms with Gasteiger partial charge >= 0.3 is 0 Å². The maximum Gasteiger partial charge on any atom is 0.161 e. The quantitative estimate of drug-likeness (QED) is 0.413. The molecule has 0 unspecified atom stereocenters. The second kappa shape index (κ2) is 7.49. The first-order chi connectivity index (χ1) is 8.31. The van der Waals surface area contributed by atoms with Gasteiger partial charge in [0.15, 0.2) is 11.5 Å². The molecule has 17 heavy (non-hydrogen) atoms. The molecule has 0 bridgehead atoms. The molecule has 3 heteroatoms. The first kappa shape index (κ1) is 13.3. The number of rotatable bonds is 7. The summed E-state index contributed by atoms with van der Waals surface area (Å²) < 4.78 is 10.7. The van der Waals surface area contributed by atoms with E-state index in [1.54, 1.807) is 25.3 Å². The van der Waals surface area contributed by atoms with Crippen molar-refractivity contribution in [1.29, 1.82) is 0 Å². The molecule has 0 amide bonds. The Kier molecular flexibility index (Phi) is 5.86. The van der Waals surface area contributed by atoms with E-state index < -0.39 is 0 Å². The SMILES string of the molecule is CC/C=C/CCOc1ccc(C=O)cc1OC. The topological polar surface area (TPSA) is 35.5 Å². The van der Waals surface area contributed by atoms with E-state index in [9.17, 15) is 4.79 Å². The fourth-order valence-corrected chi connectivity index (χ4v) is 1.40. The lowest BCUT2D eigenvalue weighted by Crippen LogP contribution is -1.98. The average Bonchev–Trinajstić information content (AvgIpc) is 2.38. The van der Waals surface area contributed by atoms with E-state index in [4.69, 9.17) is 9.47 Å². The predicted molar refractivity (Wildman–Crippen MR) is 67.9 cm³/mol. The molecule has 0 atom stereocenters. The second-order valence-electron chi connectivity index (χ2n) is 3.54. The fraction of sp³-hybridized carbons (Fsp3) is 0.357. The molecule has 0 saturated heterocycles.